The number of benzene rings is 3. The predicted molar refractivity (Wildman–Crippen MR) is 117 cm³/mol. The smallest absolute Gasteiger partial charge is 0.269 e. The summed E-state index contributed by atoms with van der Waals surface area (Å²) in [5, 5.41) is 10.9. The summed E-state index contributed by atoms with van der Waals surface area (Å²) in [4.78, 5) is 10.4. The molecule has 148 valence electrons. The van der Waals surface area contributed by atoms with Crippen molar-refractivity contribution in [1.29, 1.82) is 0 Å². The molecule has 0 radical (unpaired) electrons. The number of nitro groups is 1. The van der Waals surface area contributed by atoms with E-state index in [1.807, 2.05) is 60.7 Å². The van der Waals surface area contributed by atoms with E-state index in [4.69, 9.17) is 6.11 Å². The van der Waals surface area contributed by atoms with Crippen molar-refractivity contribution < 1.29 is 11.0 Å². The van der Waals surface area contributed by atoms with Gasteiger partial charge in [-0.3, -0.25) is 10.1 Å². The molecule has 1 unspecified atom stereocenters. The maximum Gasteiger partial charge on any atom is 0.269 e. The third-order valence-corrected chi connectivity index (χ3v) is 4.68. The molecule has 3 aromatic rings. The summed E-state index contributed by atoms with van der Waals surface area (Å²) >= 11 is 0. The number of hydrogen-bond donors (Lipinski definition) is 0. The molecule has 3 aromatic carbocycles. The minimum atomic E-state index is -1.00. The molecule has 0 aliphatic rings. The van der Waals surface area contributed by atoms with Crippen LogP contribution in [0.5, 0.6) is 0 Å². The molecule has 0 fully saturated rings. The van der Waals surface area contributed by atoms with Gasteiger partial charge in [-0.05, 0) is 35.4 Å². The molecular formula is C26H21NO3. The Bertz CT molecular complexity index is 1120. The van der Waals surface area contributed by atoms with E-state index in [2.05, 4.69) is 24.2 Å². The Labute approximate surface area is 178 Å². The quantitative estimate of drug-likeness (QED) is 0.302. The summed E-state index contributed by atoms with van der Waals surface area (Å²) in [6, 6.07) is 25.5. The van der Waals surface area contributed by atoms with Crippen molar-refractivity contribution in [2.24, 2.45) is 0 Å². The molecule has 0 aliphatic heterocycles. The van der Waals surface area contributed by atoms with Crippen LogP contribution in [0.1, 0.15) is 30.9 Å². The summed E-state index contributed by atoms with van der Waals surface area (Å²) < 4.78 is 13.8. The number of hydrogen-bond acceptors (Lipinski definition) is 3. The zero-order valence-electron chi connectivity index (χ0n) is 17.4. The fourth-order valence-corrected chi connectivity index (χ4v) is 3.02. The summed E-state index contributed by atoms with van der Waals surface area (Å²) in [6.07, 6.45) is 3.27. The van der Waals surface area contributed by atoms with Gasteiger partial charge in [0.1, 0.15) is 1.37 Å². The Hall–Kier alpha value is -3.86. The van der Waals surface area contributed by atoms with E-state index in [-0.39, 0.29) is 12.3 Å². The fraction of sp³-hybridized carbons (Fsp3) is 0.154. The van der Waals surface area contributed by atoms with E-state index in [1.165, 1.54) is 12.1 Å². The Morgan fingerprint density at radius 1 is 1.00 bits per heavy atom. The highest BCUT2D eigenvalue weighted by molar-refractivity contribution is 5.36. The van der Waals surface area contributed by atoms with Gasteiger partial charge in [0.2, 0.25) is 0 Å². The van der Waals surface area contributed by atoms with Crippen LogP contribution in [-0.4, -0.2) is 4.92 Å². The van der Waals surface area contributed by atoms with Crippen molar-refractivity contribution >= 4 is 5.69 Å². The SMILES string of the molecule is [2H]C#CC(CCC#Cc1ccccc1)(OCc1ccc([N+](=O)[O-])cc1)c1ccccc1. The third kappa shape index (κ3) is 5.35. The molecule has 30 heavy (non-hydrogen) atoms. The second-order valence-electron chi connectivity index (χ2n) is 6.70. The lowest BCUT2D eigenvalue weighted by atomic mass is 9.89. The Balaban J connectivity index is 1.81. The van der Waals surface area contributed by atoms with Gasteiger partial charge in [0.05, 0.1) is 11.5 Å². The third-order valence-electron chi connectivity index (χ3n) is 4.68. The maximum atomic E-state index is 10.9. The Morgan fingerprint density at radius 3 is 2.30 bits per heavy atom. The first-order valence-corrected chi connectivity index (χ1v) is 9.53. The molecule has 0 aliphatic carbocycles. The average Bonchev–Trinajstić information content (AvgIpc) is 2.82. The van der Waals surface area contributed by atoms with E-state index in [1.54, 1.807) is 12.1 Å². The number of nitrogens with zero attached hydrogens (tertiary/aromatic N) is 1. The van der Waals surface area contributed by atoms with Crippen LogP contribution in [0.25, 0.3) is 0 Å². The first-order chi connectivity index (χ1) is 15.1. The molecule has 0 spiro atoms. The second kappa shape index (κ2) is 10.1. The largest absolute Gasteiger partial charge is 0.353 e. The van der Waals surface area contributed by atoms with Gasteiger partial charge in [0.25, 0.3) is 5.69 Å². The Morgan fingerprint density at radius 2 is 1.67 bits per heavy atom. The van der Waals surface area contributed by atoms with Crippen molar-refractivity contribution in [3.05, 3.63) is 112 Å². The lowest BCUT2D eigenvalue weighted by Gasteiger charge is -2.29. The molecule has 0 amide bonds. The zero-order valence-corrected chi connectivity index (χ0v) is 16.4. The number of ether oxygens (including phenoxy) is 1. The highest BCUT2D eigenvalue weighted by Gasteiger charge is 2.30. The fourth-order valence-electron chi connectivity index (χ4n) is 3.02. The van der Waals surface area contributed by atoms with Crippen LogP contribution in [0, 0.1) is 34.3 Å². The van der Waals surface area contributed by atoms with Gasteiger partial charge >= 0.3 is 0 Å². The first-order valence-electron chi connectivity index (χ1n) is 10.0. The van der Waals surface area contributed by atoms with Gasteiger partial charge in [-0.1, -0.05) is 66.3 Å². The van der Waals surface area contributed by atoms with E-state index in [9.17, 15) is 10.1 Å². The van der Waals surface area contributed by atoms with E-state index >= 15 is 0 Å². The lowest BCUT2D eigenvalue weighted by molar-refractivity contribution is -0.384. The first kappa shape index (κ1) is 19.5. The Kier molecular flexibility index (Phi) is 6.53. The predicted octanol–water partition coefficient (Wildman–Crippen LogP) is 5.47. The molecule has 0 bridgehead atoms. The van der Waals surface area contributed by atoms with Crippen molar-refractivity contribution in [3.63, 3.8) is 0 Å². The molecule has 3 rings (SSSR count). The van der Waals surface area contributed by atoms with Gasteiger partial charge in [0.15, 0.2) is 5.60 Å². The van der Waals surface area contributed by atoms with Crippen LogP contribution < -0.4 is 0 Å². The van der Waals surface area contributed by atoms with Gasteiger partial charge in [-0.15, -0.1) is 6.40 Å². The van der Waals surface area contributed by atoms with Crippen molar-refractivity contribution in [2.75, 3.05) is 0 Å². The second-order valence-corrected chi connectivity index (χ2v) is 6.70. The molecule has 0 saturated heterocycles. The van der Waals surface area contributed by atoms with Crippen LogP contribution in [0.4, 0.5) is 5.69 Å². The van der Waals surface area contributed by atoms with Gasteiger partial charge in [-0.2, -0.15) is 0 Å². The molecule has 1 atom stereocenters. The number of non-ortho nitro benzene ring substituents is 1. The minimum absolute atomic E-state index is 0.0280. The van der Waals surface area contributed by atoms with Crippen LogP contribution in [0.3, 0.4) is 0 Å². The molecule has 0 saturated carbocycles. The number of rotatable bonds is 7. The highest BCUT2D eigenvalue weighted by Crippen LogP contribution is 2.31. The summed E-state index contributed by atoms with van der Waals surface area (Å²) in [5.74, 6) is 9.24. The average molecular weight is 396 g/mol. The zero-order chi connectivity index (χ0) is 21.9. The van der Waals surface area contributed by atoms with Gasteiger partial charge in [0, 0.05) is 30.5 Å². The number of nitro benzene ring substituents is 1. The minimum Gasteiger partial charge on any atom is -0.353 e. The lowest BCUT2D eigenvalue weighted by Crippen LogP contribution is -2.28. The monoisotopic (exact) mass is 396 g/mol. The summed E-state index contributed by atoms with van der Waals surface area (Å²) in [5.41, 5.74) is 1.59. The van der Waals surface area contributed by atoms with Crippen molar-refractivity contribution in [2.45, 2.75) is 25.0 Å². The van der Waals surface area contributed by atoms with Crippen molar-refractivity contribution in [3.8, 4) is 24.2 Å². The van der Waals surface area contributed by atoms with Crippen LogP contribution >= 0.6 is 0 Å². The molecular weight excluding hydrogens is 374 g/mol. The molecule has 0 heterocycles. The van der Waals surface area contributed by atoms with E-state index in [0.29, 0.717) is 12.8 Å². The van der Waals surface area contributed by atoms with Crippen LogP contribution in [0.15, 0.2) is 84.9 Å². The molecule has 0 N–H and O–H groups in total. The summed E-state index contributed by atoms with van der Waals surface area (Å²) in [7, 11) is 0. The van der Waals surface area contributed by atoms with Crippen LogP contribution in [-0.2, 0) is 16.9 Å². The molecule has 4 nitrogen and oxygen atoms in total. The molecule has 0 aromatic heterocycles. The maximum absolute atomic E-state index is 10.9. The van der Waals surface area contributed by atoms with Crippen molar-refractivity contribution in [1.82, 2.24) is 0 Å². The van der Waals surface area contributed by atoms with Gasteiger partial charge < -0.3 is 4.74 Å². The van der Waals surface area contributed by atoms with E-state index < -0.39 is 10.5 Å². The molecule has 4 heteroatoms. The number of terminal acetylenes is 1. The topological polar surface area (TPSA) is 52.4 Å². The standard InChI is InChI=1S/C26H21NO3/c1-2-26(24-14-7-4-8-15-24,20-10-9-13-22-11-5-3-6-12-22)30-21-23-16-18-25(19-17-23)27(28)29/h1,3-8,11-12,14-19H,10,20-21H2/i1D. The van der Waals surface area contributed by atoms with E-state index in [0.717, 1.165) is 16.7 Å². The van der Waals surface area contributed by atoms with Gasteiger partial charge in [-0.25, -0.2) is 0 Å². The summed E-state index contributed by atoms with van der Waals surface area (Å²) in [6.45, 7) is 0.202. The normalized spacial score (nSPS) is 12.3. The van der Waals surface area contributed by atoms with Crippen LogP contribution in [0.2, 0.25) is 0 Å². The highest BCUT2D eigenvalue weighted by atomic mass is 16.6.